The van der Waals surface area contributed by atoms with E-state index in [1.54, 1.807) is 0 Å². The molecule has 0 bridgehead atoms. The molecule has 1 aliphatic rings. The van der Waals surface area contributed by atoms with Crippen LogP contribution in [0, 0.1) is 11.3 Å². The van der Waals surface area contributed by atoms with E-state index in [1.165, 1.54) is 11.3 Å². The number of carbonyl (C=O) groups excluding carboxylic acids is 1. The largest absolute Gasteiger partial charge is 0.480 e. The Kier molecular flexibility index (Phi) is 3.84. The first-order valence-electron chi connectivity index (χ1n) is 6.31. The molecule has 1 aromatic rings. The van der Waals surface area contributed by atoms with Crippen molar-refractivity contribution in [1.29, 1.82) is 0 Å². The molecule has 7 heteroatoms. The SMILES string of the molecule is CC(C)Cc1nnc(NC(=O)C2(C(=O)O)CCC2)s1. The van der Waals surface area contributed by atoms with Gasteiger partial charge in [-0.15, -0.1) is 10.2 Å². The minimum atomic E-state index is -1.26. The summed E-state index contributed by atoms with van der Waals surface area (Å²) in [7, 11) is 0. The van der Waals surface area contributed by atoms with E-state index in [1.807, 2.05) is 0 Å². The van der Waals surface area contributed by atoms with E-state index < -0.39 is 17.3 Å². The molecule has 1 saturated carbocycles. The van der Waals surface area contributed by atoms with Gasteiger partial charge in [-0.2, -0.15) is 0 Å². The second kappa shape index (κ2) is 5.24. The van der Waals surface area contributed by atoms with Crippen LogP contribution in [0.3, 0.4) is 0 Å². The maximum atomic E-state index is 12.0. The van der Waals surface area contributed by atoms with Gasteiger partial charge in [0.15, 0.2) is 0 Å². The molecule has 2 N–H and O–H groups in total. The fourth-order valence-electron chi connectivity index (χ4n) is 2.02. The van der Waals surface area contributed by atoms with Gasteiger partial charge in [0.05, 0.1) is 0 Å². The number of hydrogen-bond acceptors (Lipinski definition) is 5. The Morgan fingerprint density at radius 1 is 1.42 bits per heavy atom. The minimum Gasteiger partial charge on any atom is -0.480 e. The molecular weight excluding hydrogens is 266 g/mol. The molecule has 0 atom stereocenters. The number of aliphatic carboxylic acids is 1. The quantitative estimate of drug-likeness (QED) is 0.805. The van der Waals surface area contributed by atoms with Crippen molar-refractivity contribution in [2.24, 2.45) is 11.3 Å². The Labute approximate surface area is 115 Å². The topological polar surface area (TPSA) is 92.2 Å². The Morgan fingerprint density at radius 3 is 2.58 bits per heavy atom. The van der Waals surface area contributed by atoms with Gasteiger partial charge in [-0.05, 0) is 18.8 Å². The summed E-state index contributed by atoms with van der Waals surface area (Å²) < 4.78 is 0. The molecule has 1 heterocycles. The average molecular weight is 283 g/mol. The van der Waals surface area contributed by atoms with Crippen LogP contribution in [-0.4, -0.2) is 27.2 Å². The van der Waals surface area contributed by atoms with Crippen LogP contribution in [0.4, 0.5) is 5.13 Å². The van der Waals surface area contributed by atoms with Crippen molar-refractivity contribution in [3.8, 4) is 0 Å². The number of carbonyl (C=O) groups is 2. The van der Waals surface area contributed by atoms with E-state index in [9.17, 15) is 9.59 Å². The highest BCUT2D eigenvalue weighted by Crippen LogP contribution is 2.42. The van der Waals surface area contributed by atoms with Crippen molar-refractivity contribution in [3.63, 3.8) is 0 Å². The summed E-state index contributed by atoms with van der Waals surface area (Å²) in [5.74, 6) is -1.06. The van der Waals surface area contributed by atoms with Crippen LogP contribution >= 0.6 is 11.3 Å². The minimum absolute atomic E-state index is 0.383. The molecule has 0 saturated heterocycles. The van der Waals surface area contributed by atoms with Gasteiger partial charge in [-0.1, -0.05) is 31.6 Å². The number of aromatic nitrogens is 2. The van der Waals surface area contributed by atoms with Crippen molar-refractivity contribution in [2.75, 3.05) is 5.32 Å². The first-order chi connectivity index (χ1) is 8.94. The van der Waals surface area contributed by atoms with Crippen LogP contribution in [-0.2, 0) is 16.0 Å². The maximum Gasteiger partial charge on any atom is 0.319 e. The standard InChI is InChI=1S/C12H17N3O3S/c1-7(2)6-8-14-15-11(19-8)13-9(16)12(10(17)18)4-3-5-12/h7H,3-6H2,1-2H3,(H,17,18)(H,13,15,16). The van der Waals surface area contributed by atoms with Gasteiger partial charge in [0.2, 0.25) is 11.0 Å². The number of rotatable bonds is 5. The highest BCUT2D eigenvalue weighted by molar-refractivity contribution is 7.15. The van der Waals surface area contributed by atoms with Crippen LogP contribution in [0.15, 0.2) is 0 Å². The van der Waals surface area contributed by atoms with Gasteiger partial charge < -0.3 is 5.11 Å². The lowest BCUT2D eigenvalue weighted by Crippen LogP contribution is -2.48. The summed E-state index contributed by atoms with van der Waals surface area (Å²) in [6.07, 6.45) is 2.36. The van der Waals surface area contributed by atoms with Crippen LogP contribution in [0.2, 0.25) is 0 Å². The van der Waals surface area contributed by atoms with Crippen molar-refractivity contribution >= 4 is 28.3 Å². The molecule has 1 aromatic heterocycles. The van der Waals surface area contributed by atoms with Gasteiger partial charge in [0.25, 0.3) is 0 Å². The summed E-state index contributed by atoms with van der Waals surface area (Å²) in [4.78, 5) is 23.2. The first-order valence-corrected chi connectivity index (χ1v) is 7.13. The van der Waals surface area contributed by atoms with Gasteiger partial charge in [0.1, 0.15) is 10.4 Å². The third-order valence-corrected chi connectivity index (χ3v) is 4.18. The molecule has 1 amide bonds. The Hall–Kier alpha value is -1.50. The third-order valence-electron chi connectivity index (χ3n) is 3.32. The zero-order valence-corrected chi connectivity index (χ0v) is 11.8. The number of hydrogen-bond donors (Lipinski definition) is 2. The van der Waals surface area contributed by atoms with Gasteiger partial charge in [-0.3, -0.25) is 14.9 Å². The Balaban J connectivity index is 2.03. The third kappa shape index (κ3) is 2.75. The van der Waals surface area contributed by atoms with Crippen LogP contribution in [0.5, 0.6) is 0 Å². The van der Waals surface area contributed by atoms with Gasteiger partial charge in [0, 0.05) is 6.42 Å². The number of carboxylic acids is 1. The smallest absolute Gasteiger partial charge is 0.319 e. The van der Waals surface area contributed by atoms with E-state index in [2.05, 4.69) is 29.4 Å². The lowest BCUT2D eigenvalue weighted by Gasteiger charge is -2.35. The number of carboxylic acid groups (broad SMARTS) is 1. The molecule has 0 spiro atoms. The van der Waals surface area contributed by atoms with Crippen LogP contribution in [0.25, 0.3) is 0 Å². The zero-order chi connectivity index (χ0) is 14.0. The molecule has 6 nitrogen and oxygen atoms in total. The highest BCUT2D eigenvalue weighted by Gasteiger charge is 2.51. The normalized spacial score (nSPS) is 17.0. The monoisotopic (exact) mass is 283 g/mol. The van der Waals surface area contributed by atoms with E-state index in [0.29, 0.717) is 23.9 Å². The average Bonchev–Trinajstić information content (AvgIpc) is 2.61. The molecule has 0 radical (unpaired) electrons. The zero-order valence-electron chi connectivity index (χ0n) is 11.0. The summed E-state index contributed by atoms with van der Waals surface area (Å²) in [6.45, 7) is 4.15. The first kappa shape index (κ1) is 13.9. The summed E-state index contributed by atoms with van der Waals surface area (Å²) in [6, 6.07) is 0. The van der Waals surface area contributed by atoms with Crippen molar-refractivity contribution in [1.82, 2.24) is 10.2 Å². The second-order valence-electron chi connectivity index (χ2n) is 5.29. The number of nitrogens with zero attached hydrogens (tertiary/aromatic N) is 2. The molecule has 1 aliphatic carbocycles. The number of amides is 1. The maximum absolute atomic E-state index is 12.0. The Bertz CT molecular complexity index is 494. The molecule has 0 aromatic carbocycles. The van der Waals surface area contributed by atoms with Crippen molar-refractivity contribution < 1.29 is 14.7 Å². The summed E-state index contributed by atoms with van der Waals surface area (Å²) >= 11 is 1.30. The Morgan fingerprint density at radius 2 is 2.11 bits per heavy atom. The highest BCUT2D eigenvalue weighted by atomic mass is 32.1. The summed E-state index contributed by atoms with van der Waals surface area (Å²) in [5, 5.41) is 20.9. The molecule has 2 rings (SSSR count). The fraction of sp³-hybridized carbons (Fsp3) is 0.667. The summed E-state index contributed by atoms with van der Waals surface area (Å²) in [5.41, 5.74) is -1.26. The predicted octanol–water partition coefficient (Wildman–Crippen LogP) is 1.93. The van der Waals surface area contributed by atoms with Crippen LogP contribution < -0.4 is 5.32 Å². The van der Waals surface area contributed by atoms with E-state index >= 15 is 0 Å². The lowest BCUT2D eigenvalue weighted by atomic mass is 9.68. The van der Waals surface area contributed by atoms with E-state index in [-0.39, 0.29) is 0 Å². The number of anilines is 1. The molecule has 1 fully saturated rings. The molecule has 0 unspecified atom stereocenters. The predicted molar refractivity (Wildman–Crippen MR) is 71.0 cm³/mol. The van der Waals surface area contributed by atoms with E-state index in [4.69, 9.17) is 5.11 Å². The van der Waals surface area contributed by atoms with Crippen molar-refractivity contribution in [3.05, 3.63) is 5.01 Å². The molecule has 104 valence electrons. The van der Waals surface area contributed by atoms with Gasteiger partial charge in [-0.25, -0.2) is 0 Å². The number of nitrogens with one attached hydrogen (secondary N) is 1. The van der Waals surface area contributed by atoms with Crippen molar-refractivity contribution in [2.45, 2.75) is 39.5 Å². The molecular formula is C12H17N3O3S. The molecule has 19 heavy (non-hydrogen) atoms. The van der Waals surface area contributed by atoms with Crippen LogP contribution in [0.1, 0.15) is 38.1 Å². The second-order valence-corrected chi connectivity index (χ2v) is 6.36. The lowest BCUT2D eigenvalue weighted by molar-refractivity contribution is -0.159. The molecule has 0 aliphatic heterocycles. The van der Waals surface area contributed by atoms with E-state index in [0.717, 1.165) is 17.8 Å². The fourth-order valence-corrected chi connectivity index (χ4v) is 2.97. The van der Waals surface area contributed by atoms with Gasteiger partial charge >= 0.3 is 5.97 Å².